The van der Waals surface area contributed by atoms with Crippen molar-refractivity contribution in [2.45, 2.75) is 20.5 Å². The lowest BCUT2D eigenvalue weighted by Gasteiger charge is -2.21. The average molecular weight is 593 g/mol. The molecular formula is C28H32O10S2. The molecule has 0 spiro atoms. The highest BCUT2D eigenvalue weighted by Gasteiger charge is 2.23. The minimum absolute atomic E-state index is 0.0300. The highest BCUT2D eigenvalue weighted by molar-refractivity contribution is 7.86. The van der Waals surface area contributed by atoms with Crippen molar-refractivity contribution in [2.24, 2.45) is 0 Å². The minimum atomic E-state index is -3.89. The summed E-state index contributed by atoms with van der Waals surface area (Å²) in [5.41, 5.74) is 3.54. The monoisotopic (exact) mass is 592 g/mol. The second-order valence-corrected chi connectivity index (χ2v) is 12.2. The molecule has 0 aliphatic rings. The van der Waals surface area contributed by atoms with Crippen LogP contribution in [0.15, 0.2) is 60.2 Å². The van der Waals surface area contributed by atoms with Gasteiger partial charge < -0.3 is 27.7 Å². The first-order chi connectivity index (χ1) is 18.8. The van der Waals surface area contributed by atoms with Crippen molar-refractivity contribution >= 4 is 20.2 Å². The predicted octanol–water partition coefficient (Wildman–Crippen LogP) is 4.55. The molecule has 0 atom stereocenters. The van der Waals surface area contributed by atoms with Crippen LogP contribution in [-0.4, -0.2) is 55.3 Å². The Kier molecular flexibility index (Phi) is 9.72. The maximum absolute atomic E-state index is 12.0. The Morgan fingerprint density at radius 1 is 0.800 bits per heavy atom. The number of hydrogen-bond donors (Lipinski definition) is 1. The first-order valence-electron chi connectivity index (χ1n) is 11.9. The predicted molar refractivity (Wildman–Crippen MR) is 152 cm³/mol. The van der Waals surface area contributed by atoms with Gasteiger partial charge in [0.1, 0.15) is 23.9 Å². The molecule has 0 aliphatic carbocycles. The third-order valence-corrected chi connectivity index (χ3v) is 6.52. The Balaban J connectivity index is 2.19. The lowest BCUT2D eigenvalue weighted by atomic mass is 9.92. The summed E-state index contributed by atoms with van der Waals surface area (Å²) in [6, 6.07) is 12.8. The fraction of sp³-hybridized carbons (Fsp3) is 0.286. The van der Waals surface area contributed by atoms with Crippen molar-refractivity contribution in [3.05, 3.63) is 65.7 Å². The second-order valence-electron chi connectivity index (χ2n) is 9.02. The van der Waals surface area contributed by atoms with E-state index in [0.717, 1.165) is 18.1 Å². The summed E-state index contributed by atoms with van der Waals surface area (Å²) in [4.78, 5) is 0. The summed E-state index contributed by atoms with van der Waals surface area (Å²) >= 11 is 0. The van der Waals surface area contributed by atoms with Gasteiger partial charge in [-0.05, 0) is 61.4 Å². The molecule has 1 N–H and O–H groups in total. The van der Waals surface area contributed by atoms with Crippen molar-refractivity contribution in [1.82, 2.24) is 0 Å². The number of ether oxygens (including phenoxy) is 3. The second kappa shape index (κ2) is 12.6. The molecule has 3 aromatic rings. The molecule has 0 aliphatic heterocycles. The van der Waals surface area contributed by atoms with E-state index in [4.69, 9.17) is 22.6 Å². The summed E-state index contributed by atoms with van der Waals surface area (Å²) in [6.07, 6.45) is 3.73. The van der Waals surface area contributed by atoms with Crippen LogP contribution in [0.25, 0.3) is 22.3 Å². The molecule has 3 aromatic carbocycles. The molecule has 0 fully saturated rings. The van der Waals surface area contributed by atoms with E-state index >= 15 is 0 Å². The van der Waals surface area contributed by atoms with Gasteiger partial charge in [-0.2, -0.15) is 16.8 Å². The number of aliphatic hydroxyl groups excluding tert-OH is 1. The van der Waals surface area contributed by atoms with E-state index < -0.39 is 26.8 Å². The van der Waals surface area contributed by atoms with Crippen LogP contribution >= 0.6 is 0 Å². The van der Waals surface area contributed by atoms with Gasteiger partial charge in [0, 0.05) is 16.7 Å². The molecule has 0 aromatic heterocycles. The average Bonchev–Trinajstić information content (AvgIpc) is 2.86. The van der Waals surface area contributed by atoms with Crippen molar-refractivity contribution in [3.8, 4) is 51.0 Å². The van der Waals surface area contributed by atoms with Gasteiger partial charge in [-0.1, -0.05) is 23.8 Å². The van der Waals surface area contributed by atoms with Crippen LogP contribution in [0, 0.1) is 0 Å². The summed E-state index contributed by atoms with van der Waals surface area (Å²) < 4.78 is 74.2. The standard InChI is InChI=1S/C28H32O10S2/c1-18(2)13-14-36-24-12-9-20(15-25(24)38-40(6,32)33)27-23(17-29)28(35-4)22(16-26(27)34-3)19-7-10-21(11-8-19)37-39(5,30)31/h7-13,15-16,29H,14,17H2,1-6H3. The van der Waals surface area contributed by atoms with Crippen molar-refractivity contribution in [3.63, 3.8) is 0 Å². The zero-order chi connectivity index (χ0) is 29.7. The molecular weight excluding hydrogens is 560 g/mol. The molecule has 0 saturated carbocycles. The zero-order valence-electron chi connectivity index (χ0n) is 23.0. The number of benzene rings is 3. The van der Waals surface area contributed by atoms with Crippen LogP contribution in [0.4, 0.5) is 0 Å². The normalized spacial score (nSPS) is 11.5. The first kappa shape index (κ1) is 30.8. The van der Waals surface area contributed by atoms with Crippen LogP contribution < -0.4 is 22.6 Å². The number of rotatable bonds is 12. The van der Waals surface area contributed by atoms with Crippen LogP contribution in [0.5, 0.6) is 28.7 Å². The quantitative estimate of drug-likeness (QED) is 0.236. The van der Waals surface area contributed by atoms with Gasteiger partial charge in [-0.25, -0.2) is 0 Å². The molecule has 3 rings (SSSR count). The van der Waals surface area contributed by atoms with E-state index in [1.165, 1.54) is 32.4 Å². The third-order valence-electron chi connectivity index (χ3n) is 5.54. The van der Waals surface area contributed by atoms with E-state index in [-0.39, 0.29) is 23.9 Å². The fourth-order valence-electron chi connectivity index (χ4n) is 3.94. The molecule has 216 valence electrons. The van der Waals surface area contributed by atoms with E-state index in [1.807, 2.05) is 19.9 Å². The summed E-state index contributed by atoms with van der Waals surface area (Å²) in [5.74, 6) is 1.03. The Morgan fingerprint density at radius 3 is 1.95 bits per heavy atom. The van der Waals surface area contributed by atoms with E-state index in [0.29, 0.717) is 39.3 Å². The van der Waals surface area contributed by atoms with E-state index in [1.54, 1.807) is 30.3 Å². The number of aliphatic hydroxyl groups is 1. The van der Waals surface area contributed by atoms with Gasteiger partial charge >= 0.3 is 20.2 Å². The molecule has 0 saturated heterocycles. The number of methoxy groups -OCH3 is 2. The molecule has 12 heteroatoms. The summed E-state index contributed by atoms with van der Waals surface area (Å²) in [7, 11) is -4.67. The van der Waals surface area contributed by atoms with Gasteiger partial charge in [0.25, 0.3) is 0 Å². The summed E-state index contributed by atoms with van der Waals surface area (Å²) in [6.45, 7) is 3.60. The molecule has 0 bridgehead atoms. The number of allylic oxidation sites excluding steroid dienone is 1. The summed E-state index contributed by atoms with van der Waals surface area (Å²) in [5, 5.41) is 10.5. The minimum Gasteiger partial charge on any atom is -0.496 e. The van der Waals surface area contributed by atoms with E-state index in [2.05, 4.69) is 0 Å². The van der Waals surface area contributed by atoms with Gasteiger partial charge in [-0.3, -0.25) is 0 Å². The highest BCUT2D eigenvalue weighted by Crippen LogP contribution is 2.47. The molecule has 0 amide bonds. The van der Waals surface area contributed by atoms with Crippen LogP contribution in [-0.2, 0) is 26.8 Å². The van der Waals surface area contributed by atoms with E-state index in [9.17, 15) is 21.9 Å². The Hall–Kier alpha value is -3.74. The van der Waals surface area contributed by atoms with Gasteiger partial charge in [-0.15, -0.1) is 0 Å². The van der Waals surface area contributed by atoms with Crippen molar-refractivity contribution in [1.29, 1.82) is 0 Å². The smallest absolute Gasteiger partial charge is 0.306 e. The zero-order valence-corrected chi connectivity index (χ0v) is 24.7. The van der Waals surface area contributed by atoms with Crippen LogP contribution in [0.1, 0.15) is 19.4 Å². The Labute approximate surface area is 235 Å². The van der Waals surface area contributed by atoms with Gasteiger partial charge in [0.05, 0.1) is 33.3 Å². The molecule has 0 radical (unpaired) electrons. The Morgan fingerprint density at radius 2 is 1.43 bits per heavy atom. The van der Waals surface area contributed by atoms with Crippen LogP contribution in [0.3, 0.4) is 0 Å². The number of hydrogen-bond acceptors (Lipinski definition) is 10. The topological polar surface area (TPSA) is 135 Å². The fourth-order valence-corrected chi connectivity index (χ4v) is 4.86. The lowest BCUT2D eigenvalue weighted by Crippen LogP contribution is -2.08. The van der Waals surface area contributed by atoms with Gasteiger partial charge in [0.2, 0.25) is 0 Å². The lowest BCUT2D eigenvalue weighted by molar-refractivity contribution is 0.273. The highest BCUT2D eigenvalue weighted by atomic mass is 32.2. The molecule has 10 nitrogen and oxygen atoms in total. The maximum atomic E-state index is 12.0. The Bertz CT molecular complexity index is 1600. The SMILES string of the molecule is COc1cc(-c2ccc(OS(C)(=O)=O)cc2)c(OC)c(CO)c1-c1ccc(OCC=C(C)C)c(OS(C)(=O)=O)c1. The van der Waals surface area contributed by atoms with Crippen molar-refractivity contribution < 1.29 is 44.5 Å². The molecule has 0 heterocycles. The molecule has 0 unspecified atom stereocenters. The van der Waals surface area contributed by atoms with Crippen LogP contribution in [0.2, 0.25) is 0 Å². The van der Waals surface area contributed by atoms with Gasteiger partial charge in [0.15, 0.2) is 11.5 Å². The molecule has 40 heavy (non-hydrogen) atoms. The maximum Gasteiger partial charge on any atom is 0.306 e. The first-order valence-corrected chi connectivity index (χ1v) is 15.6. The van der Waals surface area contributed by atoms with Crippen molar-refractivity contribution in [2.75, 3.05) is 33.3 Å². The third kappa shape index (κ3) is 7.90. The largest absolute Gasteiger partial charge is 0.496 e.